The molecule has 0 aromatic heterocycles. The Bertz CT molecular complexity index is 662. The first-order chi connectivity index (χ1) is 9.47. The number of benzene rings is 2. The highest BCUT2D eigenvalue weighted by molar-refractivity contribution is 9.10. The van der Waals surface area contributed by atoms with Crippen molar-refractivity contribution in [3.63, 3.8) is 0 Å². The summed E-state index contributed by atoms with van der Waals surface area (Å²) in [7, 11) is 0. The molecule has 0 atom stereocenters. The van der Waals surface area contributed by atoms with Crippen LogP contribution in [-0.2, 0) is 11.3 Å². The third-order valence-electron chi connectivity index (χ3n) is 2.60. The lowest BCUT2D eigenvalue weighted by molar-refractivity contribution is 0.0469. The third kappa shape index (κ3) is 3.33. The molecule has 0 radical (unpaired) electrons. The van der Waals surface area contributed by atoms with Crippen LogP contribution in [-0.4, -0.2) is 5.97 Å². The minimum Gasteiger partial charge on any atom is -0.457 e. The minimum atomic E-state index is -0.698. The van der Waals surface area contributed by atoms with Crippen molar-refractivity contribution < 1.29 is 18.3 Å². The molecule has 0 aliphatic carbocycles. The van der Waals surface area contributed by atoms with Gasteiger partial charge in [-0.3, -0.25) is 0 Å². The molecule has 2 aromatic carbocycles. The van der Waals surface area contributed by atoms with E-state index in [2.05, 4.69) is 15.9 Å². The quantitative estimate of drug-likeness (QED) is 0.684. The molecule has 0 bridgehead atoms. The molecular weight excluding hydrogens is 332 g/mol. The molecule has 3 nitrogen and oxygen atoms in total. The van der Waals surface area contributed by atoms with E-state index in [0.29, 0.717) is 4.47 Å². The Kier molecular flexibility index (Phi) is 4.34. The van der Waals surface area contributed by atoms with Gasteiger partial charge in [0.2, 0.25) is 0 Å². The van der Waals surface area contributed by atoms with E-state index < -0.39 is 17.6 Å². The fourth-order valence-electron chi connectivity index (χ4n) is 1.55. The van der Waals surface area contributed by atoms with Crippen LogP contribution in [0.3, 0.4) is 0 Å². The molecule has 0 unspecified atom stereocenters. The Morgan fingerprint density at radius 1 is 1.15 bits per heavy atom. The number of ether oxygens (including phenoxy) is 1. The molecule has 0 aliphatic rings. The van der Waals surface area contributed by atoms with E-state index in [1.54, 1.807) is 6.07 Å². The van der Waals surface area contributed by atoms with Crippen LogP contribution in [0, 0.1) is 11.6 Å². The zero-order chi connectivity index (χ0) is 14.7. The lowest BCUT2D eigenvalue weighted by Gasteiger charge is -2.07. The van der Waals surface area contributed by atoms with E-state index in [-0.39, 0.29) is 23.4 Å². The fourth-order valence-corrected chi connectivity index (χ4v) is 1.96. The van der Waals surface area contributed by atoms with Gasteiger partial charge in [0, 0.05) is 10.0 Å². The first kappa shape index (κ1) is 14.5. The number of nitrogen functional groups attached to an aromatic ring is 1. The summed E-state index contributed by atoms with van der Waals surface area (Å²) < 4.78 is 32.1. The van der Waals surface area contributed by atoms with Crippen LogP contribution in [0.25, 0.3) is 0 Å². The number of hydrogen-bond acceptors (Lipinski definition) is 3. The van der Waals surface area contributed by atoms with E-state index >= 15 is 0 Å². The highest BCUT2D eigenvalue weighted by Gasteiger charge is 2.11. The number of esters is 1. The van der Waals surface area contributed by atoms with Crippen molar-refractivity contribution in [3.8, 4) is 0 Å². The number of nitrogens with two attached hydrogens (primary N) is 1. The van der Waals surface area contributed by atoms with Crippen molar-refractivity contribution in [2.24, 2.45) is 0 Å². The van der Waals surface area contributed by atoms with Gasteiger partial charge in [0.05, 0.1) is 11.3 Å². The van der Waals surface area contributed by atoms with E-state index in [1.165, 1.54) is 24.3 Å². The van der Waals surface area contributed by atoms with E-state index in [9.17, 15) is 13.6 Å². The normalized spacial score (nSPS) is 10.3. The lowest BCUT2D eigenvalue weighted by atomic mass is 10.2. The Morgan fingerprint density at radius 3 is 2.55 bits per heavy atom. The van der Waals surface area contributed by atoms with E-state index in [1.807, 2.05) is 0 Å². The molecule has 0 heterocycles. The first-order valence-corrected chi connectivity index (χ1v) is 6.43. The number of carbonyl (C=O) groups excluding carboxylic acids is 1. The van der Waals surface area contributed by atoms with Gasteiger partial charge in [-0.1, -0.05) is 15.9 Å². The molecule has 0 saturated heterocycles. The van der Waals surface area contributed by atoms with Gasteiger partial charge in [-0.15, -0.1) is 0 Å². The van der Waals surface area contributed by atoms with Gasteiger partial charge in [-0.25, -0.2) is 13.6 Å². The average Bonchev–Trinajstić information content (AvgIpc) is 2.42. The third-order valence-corrected chi connectivity index (χ3v) is 3.09. The molecular formula is C14H10BrF2NO2. The molecule has 0 spiro atoms. The second-order valence-corrected chi connectivity index (χ2v) is 4.96. The summed E-state index contributed by atoms with van der Waals surface area (Å²) >= 11 is 3.20. The zero-order valence-corrected chi connectivity index (χ0v) is 11.8. The van der Waals surface area contributed by atoms with E-state index in [4.69, 9.17) is 10.5 Å². The topological polar surface area (TPSA) is 52.3 Å². The average molecular weight is 342 g/mol. The van der Waals surface area contributed by atoms with Crippen LogP contribution in [0.15, 0.2) is 40.9 Å². The molecule has 0 saturated carbocycles. The van der Waals surface area contributed by atoms with Crippen LogP contribution >= 0.6 is 15.9 Å². The van der Waals surface area contributed by atoms with Crippen molar-refractivity contribution >= 4 is 27.6 Å². The number of anilines is 1. The molecule has 104 valence electrons. The fraction of sp³-hybridized carbons (Fsp3) is 0.0714. The summed E-state index contributed by atoms with van der Waals surface area (Å²) in [6, 6.07) is 7.83. The highest BCUT2D eigenvalue weighted by Crippen LogP contribution is 2.18. The Labute approximate surface area is 122 Å². The number of rotatable bonds is 3. The molecule has 6 heteroatoms. The number of carbonyl (C=O) groups is 1. The minimum absolute atomic E-state index is 0.110. The summed E-state index contributed by atoms with van der Waals surface area (Å²) in [4.78, 5) is 11.7. The van der Waals surface area contributed by atoms with Crippen molar-refractivity contribution in [1.29, 1.82) is 0 Å². The molecule has 0 fully saturated rings. The van der Waals surface area contributed by atoms with Crippen LogP contribution in [0.1, 0.15) is 15.9 Å². The number of halogens is 3. The molecule has 2 aromatic rings. The van der Waals surface area contributed by atoms with E-state index in [0.717, 1.165) is 6.07 Å². The van der Waals surface area contributed by atoms with Crippen LogP contribution in [0.4, 0.5) is 14.5 Å². The summed E-state index contributed by atoms with van der Waals surface area (Å²) in [5.74, 6) is -1.78. The predicted molar refractivity (Wildman–Crippen MR) is 74.0 cm³/mol. The second-order valence-electron chi connectivity index (χ2n) is 4.05. The number of hydrogen-bond donors (Lipinski definition) is 1. The Balaban J connectivity index is 2.08. The SMILES string of the molecule is Nc1cc(C(=O)OCc2cc(Br)ccc2F)ccc1F. The van der Waals surface area contributed by atoms with Crippen molar-refractivity contribution in [2.45, 2.75) is 6.61 Å². The van der Waals surface area contributed by atoms with Gasteiger partial charge in [0.15, 0.2) is 0 Å². The summed E-state index contributed by atoms with van der Waals surface area (Å²) in [6.07, 6.45) is 0. The van der Waals surface area contributed by atoms with Gasteiger partial charge in [0.25, 0.3) is 0 Å². The monoisotopic (exact) mass is 341 g/mol. The Hall–Kier alpha value is -1.95. The molecule has 2 rings (SSSR count). The van der Waals surface area contributed by atoms with Crippen molar-refractivity contribution in [1.82, 2.24) is 0 Å². The summed E-state index contributed by atoms with van der Waals surface area (Å²) in [5.41, 5.74) is 5.56. The standard InChI is InChI=1S/C14H10BrF2NO2/c15-10-2-4-11(16)9(5-10)7-20-14(19)8-1-3-12(17)13(18)6-8/h1-6H,7,18H2. The van der Waals surface area contributed by atoms with Crippen LogP contribution in [0.2, 0.25) is 0 Å². The van der Waals surface area contributed by atoms with Crippen molar-refractivity contribution in [3.05, 3.63) is 63.6 Å². The molecule has 20 heavy (non-hydrogen) atoms. The van der Waals surface area contributed by atoms with Gasteiger partial charge in [-0.2, -0.15) is 0 Å². The first-order valence-electron chi connectivity index (χ1n) is 5.63. The summed E-state index contributed by atoms with van der Waals surface area (Å²) in [5, 5.41) is 0. The van der Waals surface area contributed by atoms with Crippen LogP contribution < -0.4 is 5.73 Å². The lowest BCUT2D eigenvalue weighted by Crippen LogP contribution is -2.07. The molecule has 0 amide bonds. The maximum Gasteiger partial charge on any atom is 0.338 e. The molecule has 2 N–H and O–H groups in total. The maximum absolute atomic E-state index is 13.5. The Morgan fingerprint density at radius 2 is 1.85 bits per heavy atom. The van der Waals surface area contributed by atoms with Gasteiger partial charge < -0.3 is 10.5 Å². The van der Waals surface area contributed by atoms with Gasteiger partial charge in [-0.05, 0) is 36.4 Å². The largest absolute Gasteiger partial charge is 0.457 e. The summed E-state index contributed by atoms with van der Waals surface area (Å²) in [6.45, 7) is -0.221. The zero-order valence-electron chi connectivity index (χ0n) is 10.2. The van der Waals surface area contributed by atoms with Crippen LogP contribution in [0.5, 0.6) is 0 Å². The van der Waals surface area contributed by atoms with Gasteiger partial charge >= 0.3 is 5.97 Å². The van der Waals surface area contributed by atoms with Crippen molar-refractivity contribution in [2.75, 3.05) is 5.73 Å². The van der Waals surface area contributed by atoms with Gasteiger partial charge in [0.1, 0.15) is 18.2 Å². The smallest absolute Gasteiger partial charge is 0.338 e. The molecule has 0 aliphatic heterocycles. The predicted octanol–water partition coefficient (Wildman–Crippen LogP) is 3.67. The maximum atomic E-state index is 13.5. The highest BCUT2D eigenvalue weighted by atomic mass is 79.9. The second kappa shape index (κ2) is 6.00.